The first-order valence-electron chi connectivity index (χ1n) is 17.7. The minimum absolute atomic E-state index is 0.0192. The van der Waals surface area contributed by atoms with Crippen LogP contribution in [-0.2, 0) is 5.41 Å². The van der Waals surface area contributed by atoms with E-state index in [1.807, 2.05) is 17.4 Å². The van der Waals surface area contributed by atoms with Crippen LogP contribution >= 0.6 is 11.3 Å². The molecule has 0 unspecified atom stereocenters. The molecule has 0 fully saturated rings. The fourth-order valence-corrected chi connectivity index (χ4v) is 9.97. The molecule has 0 N–H and O–H groups in total. The monoisotopic (exact) mass is 706 g/mol. The normalized spacial score (nSPS) is 15.7. The second-order valence-electron chi connectivity index (χ2n) is 15.3. The van der Waals surface area contributed by atoms with Crippen molar-refractivity contribution in [3.05, 3.63) is 89.0 Å². The molecule has 0 spiro atoms. The number of anilines is 6. The van der Waals surface area contributed by atoms with Crippen molar-refractivity contribution in [2.75, 3.05) is 30.2 Å². The molecule has 11 rings (SSSR count). The largest absolute Gasteiger partial charge is 0.454 e. The van der Waals surface area contributed by atoms with Gasteiger partial charge in [-0.3, -0.25) is 0 Å². The Balaban J connectivity index is 1.27. The van der Waals surface area contributed by atoms with Gasteiger partial charge in [0.15, 0.2) is 34.5 Å². The highest BCUT2D eigenvalue weighted by atomic mass is 32.1. The van der Waals surface area contributed by atoms with Gasteiger partial charge in [0.2, 0.25) is 20.4 Å². The van der Waals surface area contributed by atoms with E-state index in [4.69, 9.17) is 28.4 Å². The summed E-state index contributed by atoms with van der Waals surface area (Å²) in [6.45, 7) is 13.9. The minimum atomic E-state index is -0.0785. The molecule has 5 aliphatic rings. The van der Waals surface area contributed by atoms with E-state index in [9.17, 15) is 0 Å². The van der Waals surface area contributed by atoms with Gasteiger partial charge in [0.25, 0.3) is 6.71 Å². The Kier molecular flexibility index (Phi) is 5.99. The van der Waals surface area contributed by atoms with E-state index in [1.165, 1.54) is 37.0 Å². The summed E-state index contributed by atoms with van der Waals surface area (Å²) in [5.41, 5.74) is 13.7. The molecule has 6 aromatic rings. The number of aryl methyl sites for hydroxylation is 2. The van der Waals surface area contributed by atoms with Crippen molar-refractivity contribution in [1.29, 1.82) is 0 Å². The maximum absolute atomic E-state index is 6.10. The maximum atomic E-state index is 6.10. The Morgan fingerprint density at radius 3 is 2.12 bits per heavy atom. The highest BCUT2D eigenvalue weighted by molar-refractivity contribution is 7.26. The van der Waals surface area contributed by atoms with Crippen molar-refractivity contribution in [3.8, 4) is 34.5 Å². The van der Waals surface area contributed by atoms with E-state index in [0.29, 0.717) is 0 Å². The van der Waals surface area contributed by atoms with Gasteiger partial charge in [-0.05, 0) is 107 Å². The van der Waals surface area contributed by atoms with E-state index in [1.54, 1.807) is 0 Å². The molecule has 0 aliphatic carbocycles. The summed E-state index contributed by atoms with van der Waals surface area (Å²) in [5.74, 6) is 4.60. The summed E-state index contributed by atoms with van der Waals surface area (Å²) < 4.78 is 37.0. The molecule has 0 amide bonds. The molecule has 10 heteroatoms. The molecule has 0 bridgehead atoms. The number of nitrogens with zero attached hydrogens (tertiary/aromatic N) is 2. The Labute approximate surface area is 306 Å². The molecule has 0 radical (unpaired) electrons. The van der Waals surface area contributed by atoms with Gasteiger partial charge in [-0.1, -0.05) is 32.9 Å². The van der Waals surface area contributed by atoms with Crippen molar-refractivity contribution >= 4 is 78.0 Å². The molecular weight excluding hydrogens is 671 g/mol. The van der Waals surface area contributed by atoms with Gasteiger partial charge in [-0.15, -0.1) is 11.3 Å². The Bertz CT molecular complexity index is 2570. The standard InChI is InChI=1S/C42H35BN2O6S/c1-21-11-29-38-30(12-21)45(39-22(2)13-35-40(23(39)3)51-20-50-35)41-37(26-14-24(42(4,5)6)7-10-36(26)52-41)43(38)27-16-33-34(49-19-48-33)17-28(27)44(29)25-8-9-31-32(15-25)47-18-46-31/h7-17H,18-20H2,1-6H3. The second-order valence-corrected chi connectivity index (χ2v) is 16.3. The van der Waals surface area contributed by atoms with E-state index in [0.717, 1.165) is 79.6 Å². The molecule has 0 saturated heterocycles. The van der Waals surface area contributed by atoms with Crippen molar-refractivity contribution in [3.63, 3.8) is 0 Å². The third-order valence-electron chi connectivity index (χ3n) is 11.1. The van der Waals surface area contributed by atoms with Gasteiger partial charge in [-0.2, -0.15) is 0 Å². The maximum Gasteiger partial charge on any atom is 0.254 e. The zero-order valence-corrected chi connectivity index (χ0v) is 30.6. The summed E-state index contributed by atoms with van der Waals surface area (Å²) in [6.07, 6.45) is 0. The fourth-order valence-electron chi connectivity index (χ4n) is 8.73. The molecule has 1 aromatic heterocycles. The Hall–Kier alpha value is -5.48. The average Bonchev–Trinajstić information content (AvgIpc) is 3.93. The summed E-state index contributed by atoms with van der Waals surface area (Å²) in [5, 5.41) is 2.48. The number of fused-ring (bicyclic) bond motifs is 9. The lowest BCUT2D eigenvalue weighted by molar-refractivity contribution is 0.173. The summed E-state index contributed by atoms with van der Waals surface area (Å²) >= 11 is 1.86. The summed E-state index contributed by atoms with van der Waals surface area (Å²) in [7, 11) is 0. The van der Waals surface area contributed by atoms with Crippen LogP contribution in [0, 0.1) is 20.8 Å². The number of hydrogen-bond donors (Lipinski definition) is 0. The first kappa shape index (κ1) is 30.2. The number of benzene rings is 5. The third kappa shape index (κ3) is 4.04. The molecular formula is C42H35BN2O6S. The van der Waals surface area contributed by atoms with E-state index in [2.05, 4.69) is 112 Å². The highest BCUT2D eigenvalue weighted by Gasteiger charge is 2.47. The van der Waals surface area contributed by atoms with E-state index >= 15 is 0 Å². The van der Waals surface area contributed by atoms with Gasteiger partial charge < -0.3 is 38.2 Å². The van der Waals surface area contributed by atoms with Crippen LogP contribution in [0.25, 0.3) is 10.1 Å². The van der Waals surface area contributed by atoms with Gasteiger partial charge in [0.05, 0.1) is 16.4 Å². The molecule has 5 aliphatic heterocycles. The lowest BCUT2D eigenvalue weighted by Gasteiger charge is -2.44. The molecule has 6 heterocycles. The molecule has 8 nitrogen and oxygen atoms in total. The van der Waals surface area contributed by atoms with Gasteiger partial charge >= 0.3 is 0 Å². The summed E-state index contributed by atoms with van der Waals surface area (Å²) in [6, 6.07) is 24.4. The van der Waals surface area contributed by atoms with Crippen LogP contribution in [0.5, 0.6) is 34.5 Å². The highest BCUT2D eigenvalue weighted by Crippen LogP contribution is 2.53. The smallest absolute Gasteiger partial charge is 0.254 e. The third-order valence-corrected chi connectivity index (χ3v) is 12.3. The fraction of sp³-hybridized carbons (Fsp3) is 0.238. The van der Waals surface area contributed by atoms with Gasteiger partial charge in [-0.25, -0.2) is 0 Å². The zero-order valence-electron chi connectivity index (χ0n) is 29.8. The van der Waals surface area contributed by atoms with Crippen LogP contribution < -0.4 is 54.6 Å². The van der Waals surface area contributed by atoms with Crippen LogP contribution in [0.4, 0.5) is 33.4 Å². The number of rotatable bonds is 2. The summed E-state index contributed by atoms with van der Waals surface area (Å²) in [4.78, 5) is 4.86. The quantitative estimate of drug-likeness (QED) is 0.166. The van der Waals surface area contributed by atoms with Gasteiger partial charge in [0.1, 0.15) is 0 Å². The zero-order chi connectivity index (χ0) is 35.2. The Morgan fingerprint density at radius 1 is 0.635 bits per heavy atom. The van der Waals surface area contributed by atoms with Crippen molar-refractivity contribution in [2.24, 2.45) is 0 Å². The molecule has 0 atom stereocenters. The predicted octanol–water partition coefficient (Wildman–Crippen LogP) is 8.39. The lowest BCUT2D eigenvalue weighted by atomic mass is 9.33. The van der Waals surface area contributed by atoms with Gasteiger partial charge in [0, 0.05) is 39.5 Å². The van der Waals surface area contributed by atoms with Crippen LogP contribution in [0.3, 0.4) is 0 Å². The van der Waals surface area contributed by atoms with Crippen molar-refractivity contribution in [2.45, 2.75) is 47.0 Å². The van der Waals surface area contributed by atoms with E-state index in [-0.39, 0.29) is 32.5 Å². The number of thiophene rings is 1. The van der Waals surface area contributed by atoms with Crippen LogP contribution in [0.2, 0.25) is 0 Å². The average molecular weight is 707 g/mol. The first-order chi connectivity index (χ1) is 25.1. The van der Waals surface area contributed by atoms with E-state index < -0.39 is 0 Å². The lowest BCUT2D eigenvalue weighted by Crippen LogP contribution is -2.61. The number of ether oxygens (including phenoxy) is 6. The Morgan fingerprint density at radius 2 is 1.33 bits per heavy atom. The van der Waals surface area contributed by atoms with Crippen LogP contribution in [0.15, 0.2) is 66.7 Å². The topological polar surface area (TPSA) is 61.9 Å². The van der Waals surface area contributed by atoms with Crippen LogP contribution in [-0.4, -0.2) is 27.1 Å². The molecule has 5 aromatic carbocycles. The van der Waals surface area contributed by atoms with Crippen LogP contribution in [0.1, 0.15) is 43.0 Å². The SMILES string of the molecule is Cc1cc2c3c(c1)N(c1c(C)cc4c(c1C)OCO4)c1sc4ccc(C(C)(C)C)cc4c1B3c1cc3c(cc1N2c1ccc2c(c1)OCO2)OCO3. The molecule has 258 valence electrons. The van der Waals surface area contributed by atoms with Crippen molar-refractivity contribution in [1.82, 2.24) is 0 Å². The van der Waals surface area contributed by atoms with Crippen molar-refractivity contribution < 1.29 is 28.4 Å². The minimum Gasteiger partial charge on any atom is -0.454 e. The molecule has 52 heavy (non-hydrogen) atoms. The predicted molar refractivity (Wildman–Crippen MR) is 207 cm³/mol. The second kappa shape index (κ2) is 10.3. The first-order valence-corrected chi connectivity index (χ1v) is 18.5. The number of hydrogen-bond acceptors (Lipinski definition) is 9. The molecule has 0 saturated carbocycles.